The van der Waals surface area contributed by atoms with Crippen LogP contribution in [0.3, 0.4) is 0 Å². The van der Waals surface area contributed by atoms with Gasteiger partial charge in [0.2, 0.25) is 5.91 Å². The summed E-state index contributed by atoms with van der Waals surface area (Å²) in [6.07, 6.45) is 2.71. The number of carbonyl (C=O) groups is 1. The van der Waals surface area contributed by atoms with Gasteiger partial charge in [-0.15, -0.1) is 12.4 Å². The maximum atomic E-state index is 12.6. The Bertz CT molecular complexity index is 503. The zero-order chi connectivity index (χ0) is 14.7. The normalized spacial score (nSPS) is 24.9. The molecule has 2 atom stereocenters. The Kier molecular flexibility index (Phi) is 6.24. The molecule has 4 nitrogen and oxygen atoms in total. The van der Waals surface area contributed by atoms with E-state index in [9.17, 15) is 4.79 Å². The lowest BCUT2D eigenvalue weighted by molar-refractivity contribution is -0.133. The Balaban J connectivity index is 0.00000176. The molecule has 2 saturated heterocycles. The molecule has 0 spiro atoms. The molecule has 1 aromatic carbocycles. The molecule has 0 aliphatic carbocycles. The van der Waals surface area contributed by atoms with E-state index in [-0.39, 0.29) is 30.4 Å². The van der Waals surface area contributed by atoms with Gasteiger partial charge in [-0.2, -0.15) is 0 Å². The van der Waals surface area contributed by atoms with E-state index >= 15 is 0 Å². The van der Waals surface area contributed by atoms with Gasteiger partial charge < -0.3 is 15.0 Å². The number of nitrogens with zero attached hydrogens (tertiary/aromatic N) is 1. The monoisotopic (exact) mass is 324 g/mol. The first kappa shape index (κ1) is 17.3. The lowest BCUT2D eigenvalue weighted by atomic mass is 10.0. The van der Waals surface area contributed by atoms with Crippen LogP contribution in [0.5, 0.6) is 0 Å². The predicted octanol–water partition coefficient (Wildman–Crippen LogP) is 2.46. The van der Waals surface area contributed by atoms with Crippen molar-refractivity contribution in [3.63, 3.8) is 0 Å². The van der Waals surface area contributed by atoms with Crippen molar-refractivity contribution in [1.29, 1.82) is 0 Å². The van der Waals surface area contributed by atoms with Crippen LogP contribution in [-0.2, 0) is 9.53 Å². The standard InChI is InChI=1S/C17H24N2O2.ClH/c1-13-4-2-5-14(10-13)16-6-3-8-19(16)17(20)11-15-12-21-9-7-18-15;/h2,4-5,10,15-16,18H,3,6-9,11-12H2,1H3;1H. The average molecular weight is 325 g/mol. The molecule has 5 heteroatoms. The number of carbonyl (C=O) groups excluding carboxylic acids is 1. The smallest absolute Gasteiger partial charge is 0.224 e. The molecule has 2 heterocycles. The fourth-order valence-electron chi connectivity index (χ4n) is 3.37. The summed E-state index contributed by atoms with van der Waals surface area (Å²) in [7, 11) is 0. The summed E-state index contributed by atoms with van der Waals surface area (Å²) in [6.45, 7) is 5.23. The number of aryl methyl sites for hydroxylation is 1. The van der Waals surface area contributed by atoms with Crippen LogP contribution in [0.1, 0.15) is 36.4 Å². The molecule has 0 aromatic heterocycles. The van der Waals surface area contributed by atoms with E-state index in [4.69, 9.17) is 4.74 Å². The number of rotatable bonds is 3. The molecule has 122 valence electrons. The second kappa shape index (κ2) is 7.95. The second-order valence-electron chi connectivity index (χ2n) is 6.09. The van der Waals surface area contributed by atoms with Crippen LogP contribution in [0.15, 0.2) is 24.3 Å². The van der Waals surface area contributed by atoms with Crippen molar-refractivity contribution in [2.24, 2.45) is 0 Å². The third-order valence-corrected chi connectivity index (χ3v) is 4.42. The zero-order valence-corrected chi connectivity index (χ0v) is 13.9. The van der Waals surface area contributed by atoms with Crippen molar-refractivity contribution in [3.05, 3.63) is 35.4 Å². The van der Waals surface area contributed by atoms with Crippen molar-refractivity contribution in [2.45, 2.75) is 38.3 Å². The second-order valence-corrected chi connectivity index (χ2v) is 6.09. The first-order valence-electron chi connectivity index (χ1n) is 7.91. The van der Waals surface area contributed by atoms with Crippen molar-refractivity contribution < 1.29 is 9.53 Å². The van der Waals surface area contributed by atoms with E-state index in [1.165, 1.54) is 11.1 Å². The molecular weight excluding hydrogens is 300 g/mol. The minimum atomic E-state index is 0. The summed E-state index contributed by atoms with van der Waals surface area (Å²) >= 11 is 0. The summed E-state index contributed by atoms with van der Waals surface area (Å²) in [6, 6.07) is 8.96. The molecule has 2 fully saturated rings. The van der Waals surface area contributed by atoms with E-state index in [1.54, 1.807) is 0 Å². The largest absolute Gasteiger partial charge is 0.378 e. The van der Waals surface area contributed by atoms with Crippen molar-refractivity contribution in [2.75, 3.05) is 26.3 Å². The predicted molar refractivity (Wildman–Crippen MR) is 89.3 cm³/mol. The summed E-state index contributed by atoms with van der Waals surface area (Å²) in [5, 5.41) is 3.36. The van der Waals surface area contributed by atoms with Crippen LogP contribution in [0.25, 0.3) is 0 Å². The lowest BCUT2D eigenvalue weighted by Crippen LogP contribution is -2.45. The molecule has 2 aliphatic heterocycles. The van der Waals surface area contributed by atoms with Gasteiger partial charge in [0.25, 0.3) is 0 Å². The van der Waals surface area contributed by atoms with Gasteiger partial charge in [0.15, 0.2) is 0 Å². The minimum absolute atomic E-state index is 0. The molecule has 0 saturated carbocycles. The van der Waals surface area contributed by atoms with E-state index in [1.807, 2.05) is 0 Å². The zero-order valence-electron chi connectivity index (χ0n) is 13.1. The fourth-order valence-corrected chi connectivity index (χ4v) is 3.37. The minimum Gasteiger partial charge on any atom is -0.378 e. The number of ether oxygens (including phenoxy) is 1. The Morgan fingerprint density at radius 1 is 1.45 bits per heavy atom. The number of hydrogen-bond donors (Lipinski definition) is 1. The van der Waals surface area contributed by atoms with E-state index in [2.05, 4.69) is 41.4 Å². The molecule has 1 aromatic rings. The molecule has 1 N–H and O–H groups in total. The van der Waals surface area contributed by atoms with Crippen LogP contribution in [0.2, 0.25) is 0 Å². The Hall–Kier alpha value is -1.10. The molecule has 3 rings (SSSR count). The summed E-state index contributed by atoms with van der Waals surface area (Å²) < 4.78 is 5.44. The molecule has 2 unspecified atom stereocenters. The highest BCUT2D eigenvalue weighted by molar-refractivity contribution is 5.85. The molecule has 2 aliphatic rings. The van der Waals surface area contributed by atoms with Gasteiger partial charge in [-0.25, -0.2) is 0 Å². The van der Waals surface area contributed by atoms with Gasteiger partial charge in [-0.3, -0.25) is 4.79 Å². The maximum Gasteiger partial charge on any atom is 0.224 e. The van der Waals surface area contributed by atoms with Gasteiger partial charge in [-0.05, 0) is 25.3 Å². The first-order chi connectivity index (χ1) is 10.2. The average Bonchev–Trinajstić information content (AvgIpc) is 2.98. The number of halogens is 1. The van der Waals surface area contributed by atoms with Crippen molar-refractivity contribution in [3.8, 4) is 0 Å². The van der Waals surface area contributed by atoms with Gasteiger partial charge in [0.1, 0.15) is 0 Å². The highest BCUT2D eigenvalue weighted by Crippen LogP contribution is 2.32. The quantitative estimate of drug-likeness (QED) is 0.928. The van der Waals surface area contributed by atoms with Gasteiger partial charge in [0, 0.05) is 25.6 Å². The number of morpholine rings is 1. The Morgan fingerprint density at radius 3 is 3.05 bits per heavy atom. The Labute approximate surface area is 138 Å². The maximum absolute atomic E-state index is 12.6. The first-order valence-corrected chi connectivity index (χ1v) is 7.91. The topological polar surface area (TPSA) is 41.6 Å². The highest BCUT2D eigenvalue weighted by Gasteiger charge is 2.31. The van der Waals surface area contributed by atoms with Crippen LogP contribution in [-0.4, -0.2) is 43.2 Å². The summed E-state index contributed by atoms with van der Waals surface area (Å²) in [5.74, 6) is 0.252. The molecular formula is C17H25ClN2O2. The van der Waals surface area contributed by atoms with E-state index in [0.29, 0.717) is 13.0 Å². The molecule has 22 heavy (non-hydrogen) atoms. The summed E-state index contributed by atoms with van der Waals surface area (Å²) in [4.78, 5) is 14.7. The third kappa shape index (κ3) is 4.00. The van der Waals surface area contributed by atoms with Crippen molar-refractivity contribution >= 4 is 18.3 Å². The van der Waals surface area contributed by atoms with Gasteiger partial charge >= 0.3 is 0 Å². The molecule has 1 amide bonds. The van der Waals surface area contributed by atoms with Gasteiger partial charge in [-0.1, -0.05) is 29.8 Å². The lowest BCUT2D eigenvalue weighted by Gasteiger charge is -2.29. The third-order valence-electron chi connectivity index (χ3n) is 4.42. The highest BCUT2D eigenvalue weighted by atomic mass is 35.5. The van der Waals surface area contributed by atoms with E-state index < -0.39 is 0 Å². The van der Waals surface area contributed by atoms with Crippen LogP contribution in [0, 0.1) is 6.92 Å². The fraction of sp³-hybridized carbons (Fsp3) is 0.588. The van der Waals surface area contributed by atoms with E-state index in [0.717, 1.165) is 32.5 Å². The molecule has 0 bridgehead atoms. The number of hydrogen-bond acceptors (Lipinski definition) is 3. The molecule has 0 radical (unpaired) electrons. The number of amides is 1. The summed E-state index contributed by atoms with van der Waals surface area (Å²) in [5.41, 5.74) is 2.53. The Morgan fingerprint density at radius 2 is 2.32 bits per heavy atom. The number of likely N-dealkylation sites (tertiary alicyclic amines) is 1. The van der Waals surface area contributed by atoms with Crippen LogP contribution < -0.4 is 5.32 Å². The SMILES string of the molecule is Cc1cccc(C2CCCN2C(=O)CC2COCCN2)c1.Cl. The number of nitrogens with one attached hydrogen (secondary N) is 1. The van der Waals surface area contributed by atoms with Crippen LogP contribution >= 0.6 is 12.4 Å². The number of benzene rings is 1. The van der Waals surface area contributed by atoms with Gasteiger partial charge in [0.05, 0.1) is 19.3 Å². The van der Waals surface area contributed by atoms with Crippen LogP contribution in [0.4, 0.5) is 0 Å². The van der Waals surface area contributed by atoms with Crippen molar-refractivity contribution in [1.82, 2.24) is 10.2 Å².